The van der Waals surface area contributed by atoms with Crippen LogP contribution in [0.15, 0.2) is 18.9 Å². The quantitative estimate of drug-likeness (QED) is 0.753. The van der Waals surface area contributed by atoms with Crippen molar-refractivity contribution in [3.05, 3.63) is 18.9 Å². The standard InChI is InChI=1S/C11H16N4O4/c1-4-5-19-11(18)13-8-6-12-15(14-8)9(7(2)3)10(16)17/h4,6-7,9H,1,5H2,2-3H3,(H,16,17)(H,13,14,18). The molecular weight excluding hydrogens is 252 g/mol. The zero-order chi connectivity index (χ0) is 14.4. The van der Waals surface area contributed by atoms with E-state index in [1.54, 1.807) is 13.8 Å². The first-order valence-electron chi connectivity index (χ1n) is 5.65. The van der Waals surface area contributed by atoms with E-state index in [-0.39, 0.29) is 18.3 Å². The van der Waals surface area contributed by atoms with Crippen molar-refractivity contribution in [2.75, 3.05) is 11.9 Å². The van der Waals surface area contributed by atoms with Crippen LogP contribution >= 0.6 is 0 Å². The minimum absolute atomic E-state index is 0.0731. The van der Waals surface area contributed by atoms with Crippen molar-refractivity contribution < 1.29 is 19.4 Å². The number of nitrogens with one attached hydrogen (secondary N) is 1. The Labute approximate surface area is 110 Å². The molecule has 0 saturated heterocycles. The molecule has 1 heterocycles. The van der Waals surface area contributed by atoms with Gasteiger partial charge in [0.1, 0.15) is 6.61 Å². The fraction of sp³-hybridized carbons (Fsp3) is 0.455. The van der Waals surface area contributed by atoms with Gasteiger partial charge in [-0.1, -0.05) is 26.5 Å². The number of aliphatic carboxylic acids is 1. The molecule has 1 aromatic rings. The zero-order valence-electron chi connectivity index (χ0n) is 10.7. The predicted octanol–water partition coefficient (Wildman–Crippen LogP) is 1.29. The highest BCUT2D eigenvalue weighted by atomic mass is 16.5. The fourth-order valence-corrected chi connectivity index (χ4v) is 1.39. The number of carboxylic acids is 1. The number of rotatable bonds is 6. The van der Waals surface area contributed by atoms with Gasteiger partial charge in [-0.2, -0.15) is 9.90 Å². The van der Waals surface area contributed by atoms with Crippen LogP contribution in [-0.4, -0.2) is 38.8 Å². The van der Waals surface area contributed by atoms with Gasteiger partial charge in [-0.25, -0.2) is 9.59 Å². The van der Waals surface area contributed by atoms with Gasteiger partial charge in [0.15, 0.2) is 11.9 Å². The molecule has 8 heteroatoms. The second kappa shape index (κ2) is 6.53. The summed E-state index contributed by atoms with van der Waals surface area (Å²) in [6.45, 7) is 6.96. The summed E-state index contributed by atoms with van der Waals surface area (Å²) in [6, 6.07) is -0.889. The van der Waals surface area contributed by atoms with Crippen molar-refractivity contribution in [2.24, 2.45) is 5.92 Å². The van der Waals surface area contributed by atoms with E-state index < -0.39 is 18.1 Å². The molecule has 0 saturated carbocycles. The number of nitrogens with zero attached hydrogens (tertiary/aromatic N) is 3. The maximum atomic E-state index is 11.2. The Bertz CT molecular complexity index is 469. The van der Waals surface area contributed by atoms with Gasteiger partial charge in [0, 0.05) is 0 Å². The van der Waals surface area contributed by atoms with Crippen LogP contribution in [0.25, 0.3) is 0 Å². The van der Waals surface area contributed by atoms with Gasteiger partial charge in [-0.3, -0.25) is 5.32 Å². The summed E-state index contributed by atoms with van der Waals surface area (Å²) in [6.07, 6.45) is 1.98. The van der Waals surface area contributed by atoms with E-state index in [9.17, 15) is 9.59 Å². The lowest BCUT2D eigenvalue weighted by molar-refractivity contribution is -0.143. The number of anilines is 1. The Morgan fingerprint density at radius 1 is 1.63 bits per heavy atom. The SMILES string of the molecule is C=CCOC(=O)Nc1cnn(C(C(=O)O)C(C)C)n1. The number of carbonyl (C=O) groups is 2. The Morgan fingerprint density at radius 3 is 2.84 bits per heavy atom. The molecule has 0 radical (unpaired) electrons. The Hall–Kier alpha value is -2.38. The number of hydrogen-bond donors (Lipinski definition) is 2. The molecular formula is C11H16N4O4. The molecule has 0 spiro atoms. The summed E-state index contributed by atoms with van der Waals surface area (Å²) in [5.74, 6) is -1.10. The zero-order valence-corrected chi connectivity index (χ0v) is 10.7. The van der Waals surface area contributed by atoms with Crippen molar-refractivity contribution in [1.82, 2.24) is 15.0 Å². The highest BCUT2D eigenvalue weighted by molar-refractivity contribution is 5.83. The smallest absolute Gasteiger partial charge is 0.413 e. The lowest BCUT2D eigenvalue weighted by Crippen LogP contribution is -2.26. The van der Waals surface area contributed by atoms with Gasteiger partial charge in [-0.15, -0.1) is 5.10 Å². The first-order chi connectivity index (χ1) is 8.95. The second-order valence-corrected chi connectivity index (χ2v) is 4.09. The van der Waals surface area contributed by atoms with E-state index in [0.717, 1.165) is 4.80 Å². The third kappa shape index (κ3) is 4.09. The summed E-state index contributed by atoms with van der Waals surface area (Å²) >= 11 is 0. The van der Waals surface area contributed by atoms with Crippen LogP contribution in [0, 0.1) is 5.92 Å². The number of hydrogen-bond acceptors (Lipinski definition) is 5. The first-order valence-corrected chi connectivity index (χ1v) is 5.65. The van der Waals surface area contributed by atoms with Crippen LogP contribution in [0.4, 0.5) is 10.6 Å². The van der Waals surface area contributed by atoms with E-state index in [1.165, 1.54) is 12.3 Å². The van der Waals surface area contributed by atoms with E-state index in [0.29, 0.717) is 0 Å². The molecule has 8 nitrogen and oxygen atoms in total. The lowest BCUT2D eigenvalue weighted by atomic mass is 10.1. The maximum Gasteiger partial charge on any atom is 0.413 e. The molecule has 2 N–H and O–H groups in total. The Morgan fingerprint density at radius 2 is 2.32 bits per heavy atom. The molecule has 0 aliphatic heterocycles. The fourth-order valence-electron chi connectivity index (χ4n) is 1.39. The molecule has 0 aliphatic carbocycles. The van der Waals surface area contributed by atoms with Crippen molar-refractivity contribution in [1.29, 1.82) is 0 Å². The van der Waals surface area contributed by atoms with Crippen molar-refractivity contribution in [3.8, 4) is 0 Å². The number of amides is 1. The molecule has 1 amide bonds. The molecule has 0 bridgehead atoms. The molecule has 1 aromatic heterocycles. The van der Waals surface area contributed by atoms with Gasteiger partial charge in [0.2, 0.25) is 0 Å². The molecule has 0 aromatic carbocycles. The number of carbonyl (C=O) groups excluding carboxylic acids is 1. The van der Waals surface area contributed by atoms with E-state index >= 15 is 0 Å². The lowest BCUT2D eigenvalue weighted by Gasteiger charge is -2.14. The van der Waals surface area contributed by atoms with Crippen LogP contribution in [0.2, 0.25) is 0 Å². The number of aromatic nitrogens is 3. The van der Waals surface area contributed by atoms with Gasteiger partial charge >= 0.3 is 12.1 Å². The molecule has 104 valence electrons. The van der Waals surface area contributed by atoms with Gasteiger partial charge in [0.05, 0.1) is 6.20 Å². The Kier molecular flexibility index (Phi) is 5.04. The van der Waals surface area contributed by atoms with Crippen LogP contribution in [0.5, 0.6) is 0 Å². The monoisotopic (exact) mass is 268 g/mol. The van der Waals surface area contributed by atoms with Crippen molar-refractivity contribution >= 4 is 17.9 Å². The summed E-state index contributed by atoms with van der Waals surface area (Å²) in [5.41, 5.74) is 0. The van der Waals surface area contributed by atoms with Crippen LogP contribution in [-0.2, 0) is 9.53 Å². The topological polar surface area (TPSA) is 106 Å². The van der Waals surface area contributed by atoms with Gasteiger partial charge in [-0.05, 0) is 5.92 Å². The third-order valence-corrected chi connectivity index (χ3v) is 2.20. The molecule has 0 aliphatic rings. The average Bonchev–Trinajstić information content (AvgIpc) is 2.73. The molecule has 0 fully saturated rings. The summed E-state index contributed by atoms with van der Waals surface area (Å²) in [4.78, 5) is 23.4. The van der Waals surface area contributed by atoms with Crippen LogP contribution in [0.1, 0.15) is 19.9 Å². The Balaban J connectivity index is 2.73. The first kappa shape index (κ1) is 14.7. The van der Waals surface area contributed by atoms with Gasteiger partial charge in [0.25, 0.3) is 0 Å². The summed E-state index contributed by atoms with van der Waals surface area (Å²) in [7, 11) is 0. The predicted molar refractivity (Wildman–Crippen MR) is 66.7 cm³/mol. The molecule has 1 atom stereocenters. The highest BCUT2D eigenvalue weighted by Crippen LogP contribution is 2.16. The second-order valence-electron chi connectivity index (χ2n) is 4.09. The molecule has 1 unspecified atom stereocenters. The largest absolute Gasteiger partial charge is 0.480 e. The normalized spacial score (nSPS) is 11.9. The minimum Gasteiger partial charge on any atom is -0.480 e. The minimum atomic E-state index is -1.04. The summed E-state index contributed by atoms with van der Waals surface area (Å²) < 4.78 is 4.70. The van der Waals surface area contributed by atoms with Crippen molar-refractivity contribution in [3.63, 3.8) is 0 Å². The summed E-state index contributed by atoms with van der Waals surface area (Å²) in [5, 5.41) is 19.1. The van der Waals surface area contributed by atoms with Crippen LogP contribution in [0.3, 0.4) is 0 Å². The third-order valence-electron chi connectivity index (χ3n) is 2.20. The van der Waals surface area contributed by atoms with E-state index in [2.05, 4.69) is 22.1 Å². The number of ether oxygens (including phenoxy) is 1. The van der Waals surface area contributed by atoms with E-state index in [4.69, 9.17) is 9.84 Å². The highest BCUT2D eigenvalue weighted by Gasteiger charge is 2.25. The number of carboxylic acid groups (broad SMARTS) is 1. The molecule has 19 heavy (non-hydrogen) atoms. The molecule has 1 rings (SSSR count). The van der Waals surface area contributed by atoms with Gasteiger partial charge < -0.3 is 9.84 Å². The maximum absolute atomic E-state index is 11.2. The van der Waals surface area contributed by atoms with Crippen LogP contribution < -0.4 is 5.32 Å². The average molecular weight is 268 g/mol. The van der Waals surface area contributed by atoms with E-state index in [1.807, 2.05) is 0 Å². The van der Waals surface area contributed by atoms with Crippen molar-refractivity contribution in [2.45, 2.75) is 19.9 Å².